The van der Waals surface area contributed by atoms with Gasteiger partial charge in [0.1, 0.15) is 0 Å². The van der Waals surface area contributed by atoms with Gasteiger partial charge in [0.2, 0.25) is 0 Å². The predicted molar refractivity (Wildman–Crippen MR) is 136 cm³/mol. The van der Waals surface area contributed by atoms with E-state index in [0.29, 0.717) is 0 Å². The molecule has 1 fully saturated rings. The Morgan fingerprint density at radius 1 is 1.00 bits per heavy atom. The highest BCUT2D eigenvalue weighted by Gasteiger charge is 2.32. The summed E-state index contributed by atoms with van der Waals surface area (Å²) in [6.45, 7) is 9.21. The number of rotatable bonds is 16. The van der Waals surface area contributed by atoms with E-state index >= 15 is 0 Å². The van der Waals surface area contributed by atoms with Crippen molar-refractivity contribution in [1.29, 1.82) is 0 Å². The van der Waals surface area contributed by atoms with Gasteiger partial charge in [-0.1, -0.05) is 64.7 Å². The van der Waals surface area contributed by atoms with Gasteiger partial charge in [0.25, 0.3) is 0 Å². The molecule has 0 unspecified atom stereocenters. The summed E-state index contributed by atoms with van der Waals surface area (Å²) in [5.41, 5.74) is 4.58. The van der Waals surface area contributed by atoms with Crippen molar-refractivity contribution in [1.82, 2.24) is 4.90 Å². The Morgan fingerprint density at radius 3 is 2.34 bits per heavy atom. The van der Waals surface area contributed by atoms with Crippen LogP contribution in [0.5, 0.6) is 0 Å². The lowest BCUT2D eigenvalue weighted by Gasteiger charge is -2.44. The van der Waals surface area contributed by atoms with Crippen molar-refractivity contribution in [2.24, 2.45) is 5.92 Å². The molecule has 0 spiro atoms. The minimum absolute atomic E-state index is 0.749. The molecule has 1 rings (SSSR count). The Hall–Kier alpha value is -0.630. The molecule has 1 aliphatic carbocycles. The Bertz CT molecular complexity index is 511. The normalized spacial score (nSPS) is 20.7. The highest BCUT2D eigenvalue weighted by molar-refractivity contribution is 7.98. The molecular weight excluding hydrogens is 370 g/mol. The molecule has 2 heteroatoms. The molecule has 168 valence electrons. The van der Waals surface area contributed by atoms with Gasteiger partial charge in [0.15, 0.2) is 0 Å². The molecule has 1 nitrogen and oxygen atoms in total. The molecule has 0 radical (unpaired) electrons. The molecular formula is C27H49NS. The van der Waals surface area contributed by atoms with E-state index in [4.69, 9.17) is 0 Å². The average Bonchev–Trinajstić information content (AvgIpc) is 2.69. The fraction of sp³-hybridized carbons (Fsp3) is 0.778. The van der Waals surface area contributed by atoms with Crippen LogP contribution in [0.15, 0.2) is 35.1 Å². The van der Waals surface area contributed by atoms with Gasteiger partial charge in [-0.2, -0.15) is 11.8 Å². The molecule has 0 aromatic carbocycles. The predicted octanol–water partition coefficient (Wildman–Crippen LogP) is 8.78. The van der Waals surface area contributed by atoms with Crippen LogP contribution in [0.4, 0.5) is 0 Å². The summed E-state index contributed by atoms with van der Waals surface area (Å²) in [4.78, 5) is 2.67. The lowest BCUT2D eigenvalue weighted by molar-refractivity contribution is 0.119. The summed E-state index contributed by atoms with van der Waals surface area (Å²) in [6.07, 6.45) is 25.1. The minimum atomic E-state index is 0.749. The summed E-state index contributed by atoms with van der Waals surface area (Å²) in [5, 5.41) is 0. The minimum Gasteiger partial charge on any atom is -0.374 e. The van der Waals surface area contributed by atoms with Crippen LogP contribution in [-0.2, 0) is 0 Å². The zero-order valence-electron chi connectivity index (χ0n) is 20.4. The monoisotopic (exact) mass is 419 g/mol. The third kappa shape index (κ3) is 9.81. The fourth-order valence-corrected chi connectivity index (χ4v) is 4.74. The molecule has 0 saturated heterocycles. The molecule has 0 aromatic rings. The molecule has 0 aromatic heterocycles. The van der Waals surface area contributed by atoms with Crippen molar-refractivity contribution in [3.8, 4) is 0 Å². The van der Waals surface area contributed by atoms with Crippen molar-refractivity contribution in [2.45, 2.75) is 111 Å². The Kier molecular flexibility index (Phi) is 14.7. The quantitative estimate of drug-likeness (QED) is 0.182. The lowest BCUT2D eigenvalue weighted by Crippen LogP contribution is -2.42. The molecule has 0 heterocycles. The highest BCUT2D eigenvalue weighted by atomic mass is 32.2. The van der Waals surface area contributed by atoms with Gasteiger partial charge in [-0.25, -0.2) is 0 Å². The second-order valence-electron chi connectivity index (χ2n) is 8.92. The standard InChI is InChI=1S/C27H49NS/c1-7-10-13-14-18-26(23(4)16-11-8-2)27(19-12-9-3)28(5)25-21-24(22-25)17-15-20-29-6/h14,16,18,24-25H,7-13,15,17,19-22H2,1-6H3/b18-14-,23-16+,27-26+. The third-order valence-corrected chi connectivity index (χ3v) is 7.09. The molecule has 0 atom stereocenters. The van der Waals surface area contributed by atoms with Gasteiger partial charge in [0.05, 0.1) is 0 Å². The fourth-order valence-electron chi connectivity index (χ4n) is 4.28. The molecule has 29 heavy (non-hydrogen) atoms. The van der Waals surface area contributed by atoms with Crippen molar-refractivity contribution in [3.63, 3.8) is 0 Å². The first-order valence-corrected chi connectivity index (χ1v) is 13.8. The number of allylic oxidation sites excluding steroid dienone is 6. The van der Waals surface area contributed by atoms with Crippen LogP contribution < -0.4 is 0 Å². The highest BCUT2D eigenvalue weighted by Crippen LogP contribution is 2.38. The first-order chi connectivity index (χ1) is 14.1. The molecule has 0 aliphatic heterocycles. The van der Waals surface area contributed by atoms with Crippen LogP contribution >= 0.6 is 11.8 Å². The van der Waals surface area contributed by atoms with Crippen molar-refractivity contribution < 1.29 is 0 Å². The number of hydrogen-bond donors (Lipinski definition) is 0. The van der Waals surface area contributed by atoms with E-state index in [1.807, 2.05) is 11.8 Å². The van der Waals surface area contributed by atoms with Crippen molar-refractivity contribution in [3.05, 3.63) is 35.1 Å². The number of thioether (sulfide) groups is 1. The first kappa shape index (κ1) is 26.4. The molecule has 0 N–H and O–H groups in total. The van der Waals surface area contributed by atoms with E-state index in [9.17, 15) is 0 Å². The summed E-state index contributed by atoms with van der Waals surface area (Å²) in [6, 6.07) is 0.749. The van der Waals surface area contributed by atoms with Gasteiger partial charge >= 0.3 is 0 Å². The summed E-state index contributed by atoms with van der Waals surface area (Å²) in [5.74, 6) is 2.29. The maximum atomic E-state index is 2.67. The van der Waals surface area contributed by atoms with Gasteiger partial charge in [-0.05, 0) is 87.4 Å². The van der Waals surface area contributed by atoms with Gasteiger partial charge < -0.3 is 4.90 Å². The number of nitrogens with zero attached hydrogens (tertiary/aromatic N) is 1. The Labute approximate surface area is 187 Å². The zero-order valence-corrected chi connectivity index (χ0v) is 21.3. The lowest BCUT2D eigenvalue weighted by atomic mass is 9.76. The summed E-state index contributed by atoms with van der Waals surface area (Å²) < 4.78 is 0. The van der Waals surface area contributed by atoms with Crippen molar-refractivity contribution >= 4 is 11.8 Å². The van der Waals surface area contributed by atoms with E-state index in [0.717, 1.165) is 12.0 Å². The first-order valence-electron chi connectivity index (χ1n) is 12.4. The molecule has 0 bridgehead atoms. The van der Waals surface area contributed by atoms with E-state index in [-0.39, 0.29) is 0 Å². The summed E-state index contributed by atoms with van der Waals surface area (Å²) in [7, 11) is 2.38. The van der Waals surface area contributed by atoms with Crippen molar-refractivity contribution in [2.75, 3.05) is 19.1 Å². The Balaban J connectivity index is 2.98. The molecule has 0 amide bonds. The van der Waals surface area contributed by atoms with Gasteiger partial charge in [-0.3, -0.25) is 0 Å². The van der Waals surface area contributed by atoms with Crippen LogP contribution in [0.3, 0.4) is 0 Å². The maximum absolute atomic E-state index is 2.67. The molecule has 1 aliphatic rings. The molecule has 1 saturated carbocycles. The van der Waals surface area contributed by atoms with E-state index in [1.165, 1.54) is 93.9 Å². The Morgan fingerprint density at radius 2 is 1.72 bits per heavy atom. The van der Waals surface area contributed by atoms with Crippen LogP contribution in [0, 0.1) is 5.92 Å². The van der Waals surface area contributed by atoms with Crippen LogP contribution in [-0.4, -0.2) is 30.0 Å². The van der Waals surface area contributed by atoms with E-state index < -0.39 is 0 Å². The summed E-state index contributed by atoms with van der Waals surface area (Å²) >= 11 is 1.99. The van der Waals surface area contributed by atoms with Gasteiger partial charge in [0, 0.05) is 18.8 Å². The maximum Gasteiger partial charge on any atom is 0.0289 e. The number of unbranched alkanes of at least 4 members (excludes halogenated alkanes) is 4. The van der Waals surface area contributed by atoms with Crippen LogP contribution in [0.1, 0.15) is 105 Å². The van der Waals surface area contributed by atoms with Crippen LogP contribution in [0.2, 0.25) is 0 Å². The van der Waals surface area contributed by atoms with E-state index in [2.05, 4.69) is 64.1 Å². The van der Waals surface area contributed by atoms with Crippen LogP contribution in [0.25, 0.3) is 0 Å². The second kappa shape index (κ2) is 16.1. The zero-order chi connectivity index (χ0) is 21.5. The largest absolute Gasteiger partial charge is 0.374 e. The number of hydrogen-bond acceptors (Lipinski definition) is 2. The smallest absolute Gasteiger partial charge is 0.0289 e. The van der Waals surface area contributed by atoms with E-state index in [1.54, 1.807) is 5.70 Å². The topological polar surface area (TPSA) is 3.24 Å². The average molecular weight is 420 g/mol. The SMILES string of the molecule is CCC/C=C(C)/C(/C=C\CCCC)=C(\CCCC)N(C)C1CC(CCCSC)C1. The second-order valence-corrected chi connectivity index (χ2v) is 9.91. The van der Waals surface area contributed by atoms with Gasteiger partial charge in [-0.15, -0.1) is 0 Å². The third-order valence-electron chi connectivity index (χ3n) is 6.40.